The van der Waals surface area contributed by atoms with Crippen LogP contribution in [-0.2, 0) is 23.8 Å². The molecule has 11 heteroatoms. The topological polar surface area (TPSA) is 175 Å². The molecule has 1 aliphatic rings. The predicted molar refractivity (Wildman–Crippen MR) is 357 cm³/mol. The molecule has 1 aliphatic heterocycles. The molecule has 0 radical (unpaired) electrons. The van der Waals surface area contributed by atoms with Gasteiger partial charge < -0.3 is 45.1 Å². The molecule has 0 aromatic rings. The van der Waals surface area contributed by atoms with Crippen LogP contribution in [-0.4, -0.2) is 100 Å². The third kappa shape index (κ3) is 51.9. The molecule has 0 aliphatic carbocycles. The van der Waals surface area contributed by atoms with Gasteiger partial charge in [-0.2, -0.15) is 0 Å². The van der Waals surface area contributed by atoms with Crippen LogP contribution in [0.4, 0.5) is 0 Å². The van der Waals surface area contributed by atoms with E-state index in [1.807, 2.05) is 6.08 Å². The molecule has 1 rings (SSSR count). The summed E-state index contributed by atoms with van der Waals surface area (Å²) in [7, 11) is 0. The van der Waals surface area contributed by atoms with Gasteiger partial charge in [0, 0.05) is 12.8 Å². The summed E-state index contributed by atoms with van der Waals surface area (Å²) in [4.78, 5) is 25.1. The van der Waals surface area contributed by atoms with Crippen molar-refractivity contribution in [3.05, 3.63) is 60.8 Å². The molecule has 0 saturated carbocycles. The molecule has 496 valence electrons. The standard InChI is InChI=1S/C74H135NO10/c1-3-5-7-9-11-13-15-17-36-40-44-48-52-56-60-67(77)66(65-84-74-73(82)72(81)71(80)68(64-76)85-74)75-69(78)61-57-53-49-45-41-37-34-32-30-28-26-24-22-20-19-21-23-25-27-29-31-33-35-39-43-47-51-55-59-63-83-70(79)62-58-54-50-46-42-38-18-16-14-12-10-8-6-4-2/h10,12,16,18-19,21,25,27,56,60,66-68,71-74,76-77,80-82H,3-9,11,13-15,17,20,22-24,26,28-55,57-59,61-65H2,1-2H3,(H,75,78)/b12-10-,18-16-,21-19-,27-25-,60-56+. The van der Waals surface area contributed by atoms with Crippen molar-refractivity contribution in [2.24, 2.45) is 0 Å². The predicted octanol–water partition coefficient (Wildman–Crippen LogP) is 18.5. The van der Waals surface area contributed by atoms with Crippen molar-refractivity contribution >= 4 is 11.9 Å². The molecule has 1 heterocycles. The van der Waals surface area contributed by atoms with Crippen molar-refractivity contribution in [3.63, 3.8) is 0 Å². The van der Waals surface area contributed by atoms with E-state index in [-0.39, 0.29) is 18.5 Å². The van der Waals surface area contributed by atoms with Crippen LogP contribution in [0.5, 0.6) is 0 Å². The van der Waals surface area contributed by atoms with Crippen LogP contribution in [0.3, 0.4) is 0 Å². The number of aliphatic hydroxyl groups is 5. The lowest BCUT2D eigenvalue weighted by molar-refractivity contribution is -0.302. The van der Waals surface area contributed by atoms with E-state index in [0.717, 1.165) is 77.0 Å². The fraction of sp³-hybridized carbons (Fsp3) is 0.838. The summed E-state index contributed by atoms with van der Waals surface area (Å²) in [6.45, 7) is 4.32. The zero-order valence-corrected chi connectivity index (χ0v) is 55.1. The maximum atomic E-state index is 13.1. The lowest BCUT2D eigenvalue weighted by Crippen LogP contribution is -2.60. The van der Waals surface area contributed by atoms with Crippen LogP contribution >= 0.6 is 0 Å². The van der Waals surface area contributed by atoms with E-state index in [2.05, 4.69) is 67.8 Å². The van der Waals surface area contributed by atoms with Crippen molar-refractivity contribution in [3.8, 4) is 0 Å². The Hall–Kier alpha value is -2.64. The minimum absolute atomic E-state index is 0.0115. The number of unbranched alkanes of at least 4 members (excludes halogenated alkanes) is 41. The van der Waals surface area contributed by atoms with Gasteiger partial charge in [-0.1, -0.05) is 293 Å². The maximum absolute atomic E-state index is 13.1. The first kappa shape index (κ1) is 80.4. The average molecular weight is 1200 g/mol. The monoisotopic (exact) mass is 1200 g/mol. The lowest BCUT2D eigenvalue weighted by atomic mass is 9.99. The minimum atomic E-state index is -1.57. The molecule has 0 aromatic carbocycles. The third-order valence-corrected chi connectivity index (χ3v) is 16.8. The number of hydrogen-bond acceptors (Lipinski definition) is 10. The molecule has 1 amide bonds. The maximum Gasteiger partial charge on any atom is 0.305 e. The van der Waals surface area contributed by atoms with Crippen molar-refractivity contribution in [2.45, 2.75) is 378 Å². The van der Waals surface area contributed by atoms with E-state index in [9.17, 15) is 35.1 Å². The molecule has 7 atom stereocenters. The zero-order valence-electron chi connectivity index (χ0n) is 55.1. The Morgan fingerprint density at radius 2 is 0.800 bits per heavy atom. The van der Waals surface area contributed by atoms with Gasteiger partial charge in [-0.25, -0.2) is 0 Å². The molecule has 0 bridgehead atoms. The number of carbonyl (C=O) groups is 2. The fourth-order valence-electron chi connectivity index (χ4n) is 11.1. The SMILES string of the molecule is CCCC/C=C\C/C=C\CCCCCCCC(=O)OCCCCCCCCCCC/C=C\C/C=C\CCCCCCCCCCCCCCCC(=O)NC(COC1OC(CO)C(O)C(O)C1O)C(O)/C=C/CCCCCCCCCCCCCC. The van der Waals surface area contributed by atoms with Crippen molar-refractivity contribution in [1.29, 1.82) is 0 Å². The summed E-state index contributed by atoms with van der Waals surface area (Å²) >= 11 is 0. The second kappa shape index (κ2) is 62.9. The molecule has 6 N–H and O–H groups in total. The molecule has 1 fully saturated rings. The van der Waals surface area contributed by atoms with Crippen LogP contribution in [0.15, 0.2) is 60.8 Å². The van der Waals surface area contributed by atoms with Crippen molar-refractivity contribution < 1.29 is 49.3 Å². The van der Waals surface area contributed by atoms with E-state index in [4.69, 9.17) is 14.2 Å². The molecule has 0 aromatic heterocycles. The van der Waals surface area contributed by atoms with E-state index in [1.54, 1.807) is 6.08 Å². The summed E-state index contributed by atoms with van der Waals surface area (Å²) in [5.41, 5.74) is 0. The number of nitrogens with one attached hydrogen (secondary N) is 1. The number of aliphatic hydroxyl groups excluding tert-OH is 5. The van der Waals surface area contributed by atoms with E-state index in [1.165, 1.54) is 231 Å². The van der Waals surface area contributed by atoms with Gasteiger partial charge in [0.1, 0.15) is 24.4 Å². The van der Waals surface area contributed by atoms with E-state index in [0.29, 0.717) is 19.4 Å². The van der Waals surface area contributed by atoms with Crippen LogP contribution in [0.25, 0.3) is 0 Å². The Balaban J connectivity index is 2.00. The summed E-state index contributed by atoms with van der Waals surface area (Å²) in [6, 6.07) is -0.812. The molecule has 1 saturated heterocycles. The van der Waals surface area contributed by atoms with E-state index >= 15 is 0 Å². The first-order valence-corrected chi connectivity index (χ1v) is 36.1. The zero-order chi connectivity index (χ0) is 61.6. The number of allylic oxidation sites excluding steroid dienone is 9. The number of esters is 1. The number of rotatable bonds is 63. The summed E-state index contributed by atoms with van der Waals surface area (Å²) in [5.74, 6) is -0.193. The van der Waals surface area contributed by atoms with Gasteiger partial charge in [0.05, 0.1) is 32.0 Å². The summed E-state index contributed by atoms with van der Waals surface area (Å²) in [5, 5.41) is 54.6. The summed E-state index contributed by atoms with van der Waals surface area (Å²) in [6.07, 6.45) is 73.4. The second-order valence-electron chi connectivity index (χ2n) is 24.9. The largest absolute Gasteiger partial charge is 0.466 e. The molecular formula is C74H135NO10. The Morgan fingerprint density at radius 1 is 0.435 bits per heavy atom. The van der Waals surface area contributed by atoms with Crippen LogP contribution < -0.4 is 5.32 Å². The van der Waals surface area contributed by atoms with Gasteiger partial charge in [-0.15, -0.1) is 0 Å². The van der Waals surface area contributed by atoms with Crippen LogP contribution in [0.2, 0.25) is 0 Å². The van der Waals surface area contributed by atoms with Crippen molar-refractivity contribution in [1.82, 2.24) is 5.32 Å². The van der Waals surface area contributed by atoms with Crippen LogP contribution in [0, 0.1) is 0 Å². The smallest absolute Gasteiger partial charge is 0.305 e. The highest BCUT2D eigenvalue weighted by atomic mass is 16.7. The molecule has 11 nitrogen and oxygen atoms in total. The Morgan fingerprint density at radius 3 is 1.22 bits per heavy atom. The Labute approximate surface area is 522 Å². The highest BCUT2D eigenvalue weighted by molar-refractivity contribution is 5.76. The number of carbonyl (C=O) groups excluding carboxylic acids is 2. The lowest BCUT2D eigenvalue weighted by Gasteiger charge is -2.40. The normalized spacial score (nSPS) is 18.3. The fourth-order valence-corrected chi connectivity index (χ4v) is 11.1. The highest BCUT2D eigenvalue weighted by Gasteiger charge is 2.44. The van der Waals surface area contributed by atoms with E-state index < -0.39 is 49.5 Å². The van der Waals surface area contributed by atoms with Crippen LogP contribution in [0.1, 0.15) is 335 Å². The molecule has 0 spiro atoms. The molecular weight excluding hydrogens is 1060 g/mol. The van der Waals surface area contributed by atoms with Crippen molar-refractivity contribution in [2.75, 3.05) is 19.8 Å². The Kier molecular flexibility index (Phi) is 59.5. The van der Waals surface area contributed by atoms with Gasteiger partial charge in [-0.05, 0) is 89.9 Å². The number of amides is 1. The van der Waals surface area contributed by atoms with Gasteiger partial charge in [0.2, 0.25) is 5.91 Å². The molecule has 7 unspecified atom stereocenters. The molecule has 85 heavy (non-hydrogen) atoms. The second-order valence-corrected chi connectivity index (χ2v) is 24.9. The summed E-state index contributed by atoms with van der Waals surface area (Å²) < 4.78 is 16.7. The third-order valence-electron chi connectivity index (χ3n) is 16.8. The quantitative estimate of drug-likeness (QED) is 0.0195. The van der Waals surface area contributed by atoms with Gasteiger partial charge in [0.25, 0.3) is 0 Å². The first-order valence-electron chi connectivity index (χ1n) is 36.1. The minimum Gasteiger partial charge on any atom is -0.466 e. The average Bonchev–Trinajstić information content (AvgIpc) is 3.41. The highest BCUT2D eigenvalue weighted by Crippen LogP contribution is 2.23. The van der Waals surface area contributed by atoms with Gasteiger partial charge in [-0.3, -0.25) is 9.59 Å². The van der Waals surface area contributed by atoms with Gasteiger partial charge in [0.15, 0.2) is 6.29 Å². The van der Waals surface area contributed by atoms with Gasteiger partial charge >= 0.3 is 5.97 Å². The number of ether oxygens (including phenoxy) is 3. The number of hydrogen-bond donors (Lipinski definition) is 6. The first-order chi connectivity index (χ1) is 41.7. The Bertz CT molecular complexity index is 1600.